The Morgan fingerprint density at radius 2 is 2.06 bits per heavy atom. The SMILES string of the molecule is O=C(NCCc1ccc(O)cc1)c1nnc(Cl)s1. The third-order valence-electron chi connectivity index (χ3n) is 2.23. The van der Waals surface area contributed by atoms with E-state index in [2.05, 4.69) is 15.5 Å². The van der Waals surface area contributed by atoms with Crippen molar-refractivity contribution in [2.45, 2.75) is 6.42 Å². The Morgan fingerprint density at radius 3 is 2.67 bits per heavy atom. The van der Waals surface area contributed by atoms with Crippen molar-refractivity contribution >= 4 is 28.8 Å². The zero-order chi connectivity index (χ0) is 13.0. The Bertz CT molecular complexity index is 541. The molecule has 0 fully saturated rings. The molecule has 0 bridgehead atoms. The first kappa shape index (κ1) is 12.8. The summed E-state index contributed by atoms with van der Waals surface area (Å²) in [5.74, 6) is -0.0514. The molecule has 5 nitrogen and oxygen atoms in total. The number of carbonyl (C=O) groups excluding carboxylic acids is 1. The lowest BCUT2D eigenvalue weighted by Gasteiger charge is -2.03. The van der Waals surface area contributed by atoms with Crippen LogP contribution in [-0.2, 0) is 6.42 Å². The van der Waals surface area contributed by atoms with E-state index in [0.29, 0.717) is 13.0 Å². The number of aromatic hydroxyl groups is 1. The normalized spacial score (nSPS) is 10.3. The fraction of sp³-hybridized carbons (Fsp3) is 0.182. The average Bonchev–Trinajstić information content (AvgIpc) is 2.78. The molecular weight excluding hydrogens is 274 g/mol. The van der Waals surface area contributed by atoms with E-state index in [1.165, 1.54) is 0 Å². The van der Waals surface area contributed by atoms with Gasteiger partial charge in [0, 0.05) is 6.54 Å². The summed E-state index contributed by atoms with van der Waals surface area (Å²) in [6, 6.07) is 6.84. The van der Waals surface area contributed by atoms with Gasteiger partial charge in [0.25, 0.3) is 5.91 Å². The second-order valence-corrected chi connectivity index (χ2v) is 5.09. The summed E-state index contributed by atoms with van der Waals surface area (Å²) in [5.41, 5.74) is 1.03. The monoisotopic (exact) mass is 283 g/mol. The van der Waals surface area contributed by atoms with Crippen molar-refractivity contribution < 1.29 is 9.90 Å². The largest absolute Gasteiger partial charge is 0.508 e. The Kier molecular flexibility index (Phi) is 4.11. The summed E-state index contributed by atoms with van der Waals surface area (Å²) in [5, 5.41) is 19.3. The zero-order valence-electron chi connectivity index (χ0n) is 9.26. The highest BCUT2D eigenvalue weighted by atomic mass is 35.5. The van der Waals surface area contributed by atoms with Gasteiger partial charge in [0.1, 0.15) is 5.75 Å². The summed E-state index contributed by atoms with van der Waals surface area (Å²) >= 11 is 6.63. The number of nitrogens with one attached hydrogen (secondary N) is 1. The van der Waals surface area contributed by atoms with Gasteiger partial charge >= 0.3 is 0 Å². The molecule has 0 aliphatic carbocycles. The van der Waals surface area contributed by atoms with E-state index in [-0.39, 0.29) is 21.1 Å². The highest BCUT2D eigenvalue weighted by Gasteiger charge is 2.10. The molecule has 0 unspecified atom stereocenters. The number of hydrogen-bond donors (Lipinski definition) is 2. The summed E-state index contributed by atoms with van der Waals surface area (Å²) in [6.07, 6.45) is 0.679. The molecule has 0 aliphatic rings. The molecule has 7 heteroatoms. The van der Waals surface area contributed by atoms with Gasteiger partial charge in [-0.2, -0.15) is 0 Å². The Morgan fingerprint density at radius 1 is 1.33 bits per heavy atom. The molecule has 0 atom stereocenters. The van der Waals surface area contributed by atoms with E-state index in [0.717, 1.165) is 16.9 Å². The lowest BCUT2D eigenvalue weighted by Crippen LogP contribution is -2.25. The van der Waals surface area contributed by atoms with E-state index in [4.69, 9.17) is 16.7 Å². The Balaban J connectivity index is 1.82. The highest BCUT2D eigenvalue weighted by molar-refractivity contribution is 7.17. The van der Waals surface area contributed by atoms with Gasteiger partial charge in [-0.25, -0.2) is 0 Å². The van der Waals surface area contributed by atoms with Crippen LogP contribution in [-0.4, -0.2) is 27.8 Å². The highest BCUT2D eigenvalue weighted by Crippen LogP contribution is 2.14. The molecule has 2 rings (SSSR count). The maximum Gasteiger partial charge on any atom is 0.282 e. The zero-order valence-corrected chi connectivity index (χ0v) is 10.8. The van der Waals surface area contributed by atoms with Crippen molar-refractivity contribution in [2.75, 3.05) is 6.54 Å². The van der Waals surface area contributed by atoms with Crippen LogP contribution in [0, 0.1) is 0 Å². The van der Waals surface area contributed by atoms with Crippen LogP contribution < -0.4 is 5.32 Å². The number of carbonyl (C=O) groups is 1. The number of hydrogen-bond acceptors (Lipinski definition) is 5. The van der Waals surface area contributed by atoms with Crippen molar-refractivity contribution in [1.82, 2.24) is 15.5 Å². The van der Waals surface area contributed by atoms with Crippen molar-refractivity contribution in [3.63, 3.8) is 0 Å². The maximum absolute atomic E-state index is 11.6. The van der Waals surface area contributed by atoms with Crippen LogP contribution in [0.3, 0.4) is 0 Å². The predicted octanol–water partition coefficient (Wildman–Crippen LogP) is 1.87. The molecule has 1 aromatic carbocycles. The molecule has 0 aliphatic heterocycles. The van der Waals surface area contributed by atoms with Gasteiger partial charge in [0.2, 0.25) is 9.47 Å². The molecule has 0 saturated carbocycles. The van der Waals surface area contributed by atoms with Gasteiger partial charge in [-0.1, -0.05) is 23.5 Å². The van der Waals surface area contributed by atoms with E-state index in [1.54, 1.807) is 12.1 Å². The van der Waals surface area contributed by atoms with Gasteiger partial charge < -0.3 is 10.4 Å². The minimum absolute atomic E-state index is 0.228. The smallest absolute Gasteiger partial charge is 0.282 e. The van der Waals surface area contributed by atoms with Crippen molar-refractivity contribution in [2.24, 2.45) is 0 Å². The number of benzene rings is 1. The van der Waals surface area contributed by atoms with Gasteiger partial charge in [-0.15, -0.1) is 10.2 Å². The molecule has 1 amide bonds. The summed E-state index contributed by atoms with van der Waals surface area (Å²) in [7, 11) is 0. The average molecular weight is 284 g/mol. The number of halogens is 1. The fourth-order valence-electron chi connectivity index (χ4n) is 1.36. The first-order valence-corrected chi connectivity index (χ1v) is 6.40. The molecule has 18 heavy (non-hydrogen) atoms. The fourth-order valence-corrected chi connectivity index (χ4v) is 2.10. The lowest BCUT2D eigenvalue weighted by molar-refractivity contribution is 0.0953. The van der Waals surface area contributed by atoms with Crippen LogP contribution in [0.1, 0.15) is 15.4 Å². The molecule has 0 spiro atoms. The lowest BCUT2D eigenvalue weighted by atomic mass is 10.1. The number of phenolic OH excluding ortho intramolecular Hbond substituents is 1. The third-order valence-corrected chi connectivity index (χ3v) is 3.25. The molecule has 0 saturated heterocycles. The van der Waals surface area contributed by atoms with Crippen LogP contribution >= 0.6 is 22.9 Å². The van der Waals surface area contributed by atoms with Crippen molar-refractivity contribution in [3.05, 3.63) is 39.3 Å². The third kappa shape index (κ3) is 3.41. The van der Waals surface area contributed by atoms with E-state index < -0.39 is 0 Å². The number of aromatic nitrogens is 2. The van der Waals surface area contributed by atoms with Crippen LogP contribution in [0.4, 0.5) is 0 Å². The molecule has 2 N–H and O–H groups in total. The number of nitrogens with zero attached hydrogens (tertiary/aromatic N) is 2. The first-order valence-electron chi connectivity index (χ1n) is 5.20. The molecule has 94 valence electrons. The molecule has 1 aromatic heterocycles. The Hall–Kier alpha value is -1.66. The predicted molar refractivity (Wildman–Crippen MR) is 69.1 cm³/mol. The van der Waals surface area contributed by atoms with Crippen LogP contribution in [0.25, 0.3) is 0 Å². The molecule has 0 radical (unpaired) electrons. The second-order valence-electron chi connectivity index (χ2n) is 3.53. The van der Waals surface area contributed by atoms with Gasteiger partial charge in [-0.05, 0) is 35.7 Å². The summed E-state index contributed by atoms with van der Waals surface area (Å²) in [4.78, 5) is 11.6. The molecular formula is C11H10ClN3O2S. The van der Waals surface area contributed by atoms with E-state index in [9.17, 15) is 4.79 Å². The second kappa shape index (κ2) is 5.79. The van der Waals surface area contributed by atoms with Crippen molar-refractivity contribution in [3.8, 4) is 5.75 Å². The molecule has 2 aromatic rings. The number of amides is 1. The minimum Gasteiger partial charge on any atom is -0.508 e. The van der Waals surface area contributed by atoms with Gasteiger partial charge in [-0.3, -0.25) is 4.79 Å². The standard InChI is InChI=1S/C11H10ClN3O2S/c12-11-15-14-10(18-11)9(17)13-6-5-7-1-3-8(16)4-2-7/h1-4,16H,5-6H2,(H,13,17). The van der Waals surface area contributed by atoms with Crippen molar-refractivity contribution in [1.29, 1.82) is 0 Å². The summed E-state index contributed by atoms with van der Waals surface area (Å²) < 4.78 is 0.249. The first-order chi connectivity index (χ1) is 8.65. The van der Waals surface area contributed by atoms with Crippen LogP contribution in [0.2, 0.25) is 4.47 Å². The van der Waals surface area contributed by atoms with E-state index >= 15 is 0 Å². The number of rotatable bonds is 4. The molecule has 1 heterocycles. The topological polar surface area (TPSA) is 75.1 Å². The number of phenols is 1. The van der Waals surface area contributed by atoms with E-state index in [1.807, 2.05) is 12.1 Å². The van der Waals surface area contributed by atoms with Crippen LogP contribution in [0.15, 0.2) is 24.3 Å². The quantitative estimate of drug-likeness (QED) is 0.898. The Labute approximate surface area is 112 Å². The van der Waals surface area contributed by atoms with Gasteiger partial charge in [0.05, 0.1) is 0 Å². The maximum atomic E-state index is 11.6. The minimum atomic E-state index is -0.279. The summed E-state index contributed by atoms with van der Waals surface area (Å²) in [6.45, 7) is 0.487. The van der Waals surface area contributed by atoms with Crippen LogP contribution in [0.5, 0.6) is 5.75 Å². The van der Waals surface area contributed by atoms with Gasteiger partial charge in [0.15, 0.2) is 0 Å².